The summed E-state index contributed by atoms with van der Waals surface area (Å²) in [6, 6.07) is 0. The molecule has 0 aromatic rings. The molecule has 0 aromatic heterocycles. The van der Waals surface area contributed by atoms with E-state index in [1.165, 1.54) is 38.2 Å². The fraction of sp³-hybridized carbons (Fsp3) is 0.750. The smallest absolute Gasteiger partial charge is 0.256 e. The molecule has 0 unspecified atom stereocenters. The first-order chi connectivity index (χ1) is 9.65. The van der Waals surface area contributed by atoms with Crippen LogP contribution in [0.1, 0.15) is 46.0 Å². The van der Waals surface area contributed by atoms with E-state index in [2.05, 4.69) is 19.2 Å². The zero-order valence-electron chi connectivity index (χ0n) is 12.5. The number of carbonyl (C=O) groups is 2. The number of rotatable bonds is 6. The van der Waals surface area contributed by atoms with E-state index in [9.17, 15) is 9.59 Å². The maximum atomic E-state index is 11.4. The Morgan fingerprint density at radius 3 is 2.35 bits per heavy atom. The van der Waals surface area contributed by atoms with Gasteiger partial charge in [0.05, 0.1) is 13.2 Å². The molecular weight excluding hydrogens is 254 g/mol. The molecule has 112 valence electrons. The molecule has 0 spiro atoms. The SMILES string of the molecule is CC[C@H]1CCC[C@H](CC)C1COCC1=CC(=O)NC1=O. The summed E-state index contributed by atoms with van der Waals surface area (Å²) in [5, 5.41) is 2.24. The molecule has 2 atom stereocenters. The van der Waals surface area contributed by atoms with Gasteiger partial charge in [-0.15, -0.1) is 0 Å². The van der Waals surface area contributed by atoms with E-state index >= 15 is 0 Å². The van der Waals surface area contributed by atoms with E-state index in [4.69, 9.17) is 4.74 Å². The fourth-order valence-electron chi connectivity index (χ4n) is 3.61. The van der Waals surface area contributed by atoms with Crippen molar-refractivity contribution in [2.24, 2.45) is 17.8 Å². The number of hydrogen-bond acceptors (Lipinski definition) is 3. The van der Waals surface area contributed by atoms with E-state index in [0.29, 0.717) is 18.1 Å². The molecule has 1 aliphatic carbocycles. The highest BCUT2D eigenvalue weighted by Crippen LogP contribution is 2.38. The third-order valence-electron chi connectivity index (χ3n) is 4.81. The summed E-state index contributed by atoms with van der Waals surface area (Å²) in [6.45, 7) is 5.46. The Kier molecular flexibility index (Phi) is 5.35. The van der Waals surface area contributed by atoms with Crippen LogP contribution in [-0.4, -0.2) is 25.0 Å². The molecule has 0 bridgehead atoms. The summed E-state index contributed by atoms with van der Waals surface area (Å²) < 4.78 is 5.76. The van der Waals surface area contributed by atoms with E-state index in [1.807, 2.05) is 0 Å². The maximum Gasteiger partial charge on any atom is 0.256 e. The summed E-state index contributed by atoms with van der Waals surface area (Å²) in [5.41, 5.74) is 0.451. The Bertz CT molecular complexity index is 391. The molecule has 4 heteroatoms. The number of nitrogens with one attached hydrogen (secondary N) is 1. The Labute approximate surface area is 120 Å². The number of hydrogen-bond donors (Lipinski definition) is 1. The lowest BCUT2D eigenvalue weighted by Gasteiger charge is -2.37. The van der Waals surface area contributed by atoms with Crippen LogP contribution in [0.3, 0.4) is 0 Å². The lowest BCUT2D eigenvalue weighted by molar-refractivity contribution is -0.124. The second kappa shape index (κ2) is 7.02. The number of carbonyl (C=O) groups excluding carboxylic acids is 2. The summed E-state index contributed by atoms with van der Waals surface area (Å²) in [5.74, 6) is 1.44. The Hall–Kier alpha value is -1.16. The van der Waals surface area contributed by atoms with Crippen molar-refractivity contribution in [3.63, 3.8) is 0 Å². The first kappa shape index (κ1) is 15.2. The highest BCUT2D eigenvalue weighted by Gasteiger charge is 2.31. The van der Waals surface area contributed by atoms with Crippen molar-refractivity contribution < 1.29 is 14.3 Å². The fourth-order valence-corrected chi connectivity index (χ4v) is 3.61. The maximum absolute atomic E-state index is 11.4. The predicted molar refractivity (Wildman–Crippen MR) is 77.0 cm³/mol. The van der Waals surface area contributed by atoms with E-state index in [-0.39, 0.29) is 18.4 Å². The molecule has 0 saturated heterocycles. The number of amides is 2. The van der Waals surface area contributed by atoms with Crippen molar-refractivity contribution in [3.8, 4) is 0 Å². The second-order valence-corrected chi connectivity index (χ2v) is 5.93. The van der Waals surface area contributed by atoms with Gasteiger partial charge < -0.3 is 4.74 Å². The van der Waals surface area contributed by atoms with Crippen molar-refractivity contribution >= 4 is 11.8 Å². The van der Waals surface area contributed by atoms with E-state index in [1.54, 1.807) is 0 Å². The van der Waals surface area contributed by atoms with Crippen LogP contribution in [-0.2, 0) is 14.3 Å². The molecule has 1 saturated carbocycles. The average molecular weight is 279 g/mol. The largest absolute Gasteiger partial charge is 0.376 e. The van der Waals surface area contributed by atoms with Gasteiger partial charge >= 0.3 is 0 Å². The average Bonchev–Trinajstić information content (AvgIpc) is 2.77. The number of imide groups is 1. The first-order valence-electron chi connectivity index (χ1n) is 7.79. The van der Waals surface area contributed by atoms with Crippen molar-refractivity contribution in [1.82, 2.24) is 5.32 Å². The van der Waals surface area contributed by atoms with Gasteiger partial charge in [0.2, 0.25) is 0 Å². The molecule has 20 heavy (non-hydrogen) atoms. The topological polar surface area (TPSA) is 55.4 Å². The Morgan fingerprint density at radius 2 is 1.85 bits per heavy atom. The van der Waals surface area contributed by atoms with E-state index < -0.39 is 0 Å². The van der Waals surface area contributed by atoms with Crippen LogP contribution in [0.25, 0.3) is 0 Å². The predicted octanol–water partition coefficient (Wildman–Crippen LogP) is 2.44. The van der Waals surface area contributed by atoms with Gasteiger partial charge in [0.25, 0.3) is 11.8 Å². The normalized spacial score (nSPS) is 27.6. The molecule has 0 aromatic carbocycles. The van der Waals surface area contributed by atoms with Gasteiger partial charge in [0, 0.05) is 11.6 Å². The van der Waals surface area contributed by atoms with Gasteiger partial charge in [-0.25, -0.2) is 0 Å². The van der Waals surface area contributed by atoms with Crippen LogP contribution >= 0.6 is 0 Å². The summed E-state index contributed by atoms with van der Waals surface area (Å²) >= 11 is 0. The van der Waals surface area contributed by atoms with Crippen LogP contribution in [0.15, 0.2) is 11.6 Å². The molecule has 2 amide bonds. The van der Waals surface area contributed by atoms with Crippen molar-refractivity contribution in [3.05, 3.63) is 11.6 Å². The summed E-state index contributed by atoms with van der Waals surface area (Å²) in [7, 11) is 0. The molecule has 1 N–H and O–H groups in total. The monoisotopic (exact) mass is 279 g/mol. The minimum absolute atomic E-state index is 0.251. The molecule has 4 nitrogen and oxygen atoms in total. The molecule has 2 aliphatic rings. The van der Waals surface area contributed by atoms with Crippen LogP contribution in [0, 0.1) is 17.8 Å². The summed E-state index contributed by atoms with van der Waals surface area (Å²) in [6.07, 6.45) is 7.66. The quantitative estimate of drug-likeness (QED) is 0.760. The molecule has 2 rings (SSSR count). The third-order valence-corrected chi connectivity index (χ3v) is 4.81. The standard InChI is InChI=1S/C16H25NO3/c1-3-11-6-5-7-12(4-2)14(11)10-20-9-13-8-15(18)17-16(13)19/h8,11-12,14H,3-7,9-10H2,1-2H3,(H,17,18,19)/t11-,12-/m0/s1. The first-order valence-corrected chi connectivity index (χ1v) is 7.79. The minimum Gasteiger partial charge on any atom is -0.376 e. The van der Waals surface area contributed by atoms with Gasteiger partial charge in [-0.2, -0.15) is 0 Å². The molecular formula is C16H25NO3. The van der Waals surface area contributed by atoms with Crippen LogP contribution < -0.4 is 5.32 Å². The second-order valence-electron chi connectivity index (χ2n) is 5.93. The Morgan fingerprint density at radius 1 is 1.20 bits per heavy atom. The van der Waals surface area contributed by atoms with Gasteiger partial charge in [-0.1, -0.05) is 46.0 Å². The highest BCUT2D eigenvalue weighted by molar-refractivity contribution is 6.16. The third kappa shape index (κ3) is 3.48. The number of ether oxygens (including phenoxy) is 1. The zero-order valence-corrected chi connectivity index (χ0v) is 12.5. The van der Waals surface area contributed by atoms with Gasteiger partial charge in [-0.05, 0) is 17.8 Å². The minimum atomic E-state index is -0.330. The van der Waals surface area contributed by atoms with Gasteiger partial charge in [0.15, 0.2) is 0 Å². The van der Waals surface area contributed by atoms with Crippen molar-refractivity contribution in [2.45, 2.75) is 46.0 Å². The van der Waals surface area contributed by atoms with Crippen molar-refractivity contribution in [1.29, 1.82) is 0 Å². The van der Waals surface area contributed by atoms with Crippen LogP contribution in [0.5, 0.6) is 0 Å². The van der Waals surface area contributed by atoms with Gasteiger partial charge in [0.1, 0.15) is 0 Å². The van der Waals surface area contributed by atoms with Crippen LogP contribution in [0.4, 0.5) is 0 Å². The Balaban J connectivity index is 1.86. The molecule has 0 radical (unpaired) electrons. The highest BCUT2D eigenvalue weighted by atomic mass is 16.5. The van der Waals surface area contributed by atoms with Gasteiger partial charge in [-0.3, -0.25) is 14.9 Å². The zero-order chi connectivity index (χ0) is 14.5. The molecule has 1 heterocycles. The lowest BCUT2D eigenvalue weighted by atomic mass is 9.70. The molecule has 1 aliphatic heterocycles. The lowest BCUT2D eigenvalue weighted by Crippen LogP contribution is -2.32. The summed E-state index contributed by atoms with van der Waals surface area (Å²) in [4.78, 5) is 22.5. The van der Waals surface area contributed by atoms with Crippen LogP contribution in [0.2, 0.25) is 0 Å². The molecule has 1 fully saturated rings. The van der Waals surface area contributed by atoms with Crippen molar-refractivity contribution in [2.75, 3.05) is 13.2 Å². The van der Waals surface area contributed by atoms with E-state index in [0.717, 1.165) is 11.8 Å².